The summed E-state index contributed by atoms with van der Waals surface area (Å²) in [5.74, 6) is -0.708. The van der Waals surface area contributed by atoms with E-state index in [9.17, 15) is 9.59 Å². The van der Waals surface area contributed by atoms with Gasteiger partial charge >= 0.3 is 0 Å². The minimum atomic E-state index is -0.381. The number of aryl methyl sites for hydroxylation is 1. The normalized spacial score (nSPS) is 11.0. The number of benzene rings is 3. The van der Waals surface area contributed by atoms with Crippen molar-refractivity contribution in [3.05, 3.63) is 105 Å². The van der Waals surface area contributed by atoms with Crippen LogP contribution in [0.4, 0.5) is 5.69 Å². The van der Waals surface area contributed by atoms with E-state index >= 15 is 0 Å². The molecule has 3 rings (SSSR count). The van der Waals surface area contributed by atoms with Gasteiger partial charge in [-0.1, -0.05) is 54.6 Å². The van der Waals surface area contributed by atoms with Gasteiger partial charge in [0.2, 0.25) is 0 Å². The largest absolute Gasteiger partial charge is 0.321 e. The molecule has 2 amide bonds. The summed E-state index contributed by atoms with van der Waals surface area (Å²) in [5, 5.41) is 5.61. The maximum Gasteiger partial charge on any atom is 0.272 e. The van der Waals surface area contributed by atoms with Gasteiger partial charge in [-0.05, 0) is 71.0 Å². The molecule has 3 aromatic carbocycles. The fraction of sp³-hybridized carbons (Fsp3) is 0.0435. The number of carbonyl (C=O) groups excluding carboxylic acids is 2. The van der Waals surface area contributed by atoms with E-state index in [1.807, 2.05) is 73.7 Å². The molecule has 3 aromatic rings. The molecule has 0 unspecified atom stereocenters. The molecule has 0 aromatic heterocycles. The van der Waals surface area contributed by atoms with Crippen LogP contribution in [0.1, 0.15) is 21.5 Å². The molecule has 0 spiro atoms. The van der Waals surface area contributed by atoms with E-state index in [1.165, 1.54) is 0 Å². The summed E-state index contributed by atoms with van der Waals surface area (Å²) in [6.07, 6.45) is 1.67. The molecule has 140 valence electrons. The molecule has 0 saturated heterocycles. The fourth-order valence-corrected chi connectivity index (χ4v) is 3.26. The second-order valence-electron chi connectivity index (χ2n) is 6.23. The lowest BCUT2D eigenvalue weighted by Gasteiger charge is -2.12. The first-order valence-corrected chi connectivity index (χ1v) is 9.81. The highest BCUT2D eigenvalue weighted by Gasteiger charge is 2.16. The number of carbonyl (C=O) groups is 2. The zero-order chi connectivity index (χ0) is 19.9. The molecular weight excluding hydrogens is 463 g/mol. The zero-order valence-electron chi connectivity index (χ0n) is 15.3. The van der Waals surface area contributed by atoms with Crippen molar-refractivity contribution in [3.63, 3.8) is 0 Å². The van der Waals surface area contributed by atoms with Gasteiger partial charge < -0.3 is 10.6 Å². The first kappa shape index (κ1) is 19.8. The van der Waals surface area contributed by atoms with Gasteiger partial charge in [0.25, 0.3) is 11.8 Å². The van der Waals surface area contributed by atoms with Crippen molar-refractivity contribution in [2.45, 2.75) is 6.92 Å². The van der Waals surface area contributed by atoms with E-state index in [-0.39, 0.29) is 17.5 Å². The summed E-state index contributed by atoms with van der Waals surface area (Å²) in [6.45, 7) is 1.95. The SMILES string of the molecule is Cc1cccc(NC(=O)/C(=C\c2ccccc2)NC(=O)c2ccccc2I)c1. The number of amides is 2. The molecule has 0 aliphatic rings. The predicted octanol–water partition coefficient (Wildman–Crippen LogP) is 5.01. The van der Waals surface area contributed by atoms with Gasteiger partial charge in [-0.3, -0.25) is 9.59 Å². The third kappa shape index (κ3) is 5.29. The third-order valence-corrected chi connectivity index (χ3v) is 4.94. The molecule has 0 saturated carbocycles. The number of hydrogen-bond acceptors (Lipinski definition) is 2. The highest BCUT2D eigenvalue weighted by atomic mass is 127. The number of nitrogens with one attached hydrogen (secondary N) is 2. The van der Waals surface area contributed by atoms with Gasteiger partial charge in [0, 0.05) is 9.26 Å². The first-order valence-electron chi connectivity index (χ1n) is 8.73. The smallest absolute Gasteiger partial charge is 0.272 e. The molecule has 5 heteroatoms. The highest BCUT2D eigenvalue weighted by Crippen LogP contribution is 2.15. The van der Waals surface area contributed by atoms with Crippen LogP contribution in [0.2, 0.25) is 0 Å². The summed E-state index contributed by atoms with van der Waals surface area (Å²) in [5.41, 5.74) is 3.23. The van der Waals surface area contributed by atoms with Crippen LogP contribution in [0.25, 0.3) is 6.08 Å². The quantitative estimate of drug-likeness (QED) is 0.397. The monoisotopic (exact) mass is 482 g/mol. The van der Waals surface area contributed by atoms with Crippen LogP contribution in [-0.4, -0.2) is 11.8 Å². The Kier molecular flexibility index (Phi) is 6.60. The average molecular weight is 482 g/mol. The summed E-state index contributed by atoms with van der Waals surface area (Å²) in [7, 11) is 0. The Morgan fingerprint density at radius 2 is 1.61 bits per heavy atom. The Balaban J connectivity index is 1.89. The highest BCUT2D eigenvalue weighted by molar-refractivity contribution is 14.1. The van der Waals surface area contributed by atoms with Gasteiger partial charge in [-0.15, -0.1) is 0 Å². The lowest BCUT2D eigenvalue weighted by molar-refractivity contribution is -0.113. The van der Waals surface area contributed by atoms with E-state index in [0.29, 0.717) is 11.3 Å². The van der Waals surface area contributed by atoms with Gasteiger partial charge in [0.15, 0.2) is 0 Å². The Morgan fingerprint density at radius 1 is 0.893 bits per heavy atom. The van der Waals surface area contributed by atoms with Crippen LogP contribution in [0.5, 0.6) is 0 Å². The Hall–Kier alpha value is -2.93. The van der Waals surface area contributed by atoms with Gasteiger partial charge in [-0.25, -0.2) is 0 Å². The second-order valence-corrected chi connectivity index (χ2v) is 7.39. The first-order chi connectivity index (χ1) is 13.5. The third-order valence-electron chi connectivity index (χ3n) is 4.00. The van der Waals surface area contributed by atoms with Crippen LogP contribution in [0.3, 0.4) is 0 Å². The predicted molar refractivity (Wildman–Crippen MR) is 121 cm³/mol. The molecule has 0 radical (unpaired) electrons. The fourth-order valence-electron chi connectivity index (χ4n) is 2.63. The molecule has 28 heavy (non-hydrogen) atoms. The van der Waals surface area contributed by atoms with Crippen molar-refractivity contribution in [2.24, 2.45) is 0 Å². The van der Waals surface area contributed by atoms with Crippen LogP contribution < -0.4 is 10.6 Å². The molecule has 0 fully saturated rings. The number of halogens is 1. The van der Waals surface area contributed by atoms with Crippen molar-refractivity contribution in [2.75, 3.05) is 5.32 Å². The Morgan fingerprint density at radius 3 is 2.32 bits per heavy atom. The lowest BCUT2D eigenvalue weighted by Crippen LogP contribution is -2.31. The standard InChI is InChI=1S/C23H19IN2O2/c1-16-8-7-11-18(14-16)25-23(28)21(15-17-9-3-2-4-10-17)26-22(27)19-12-5-6-13-20(19)24/h2-15H,1H3,(H,25,28)(H,26,27)/b21-15+. The Bertz CT molecular complexity index is 1030. The minimum Gasteiger partial charge on any atom is -0.321 e. The summed E-state index contributed by atoms with van der Waals surface area (Å²) in [6, 6.07) is 24.2. The van der Waals surface area contributed by atoms with E-state index in [1.54, 1.807) is 18.2 Å². The van der Waals surface area contributed by atoms with E-state index < -0.39 is 0 Å². The van der Waals surface area contributed by atoms with Crippen molar-refractivity contribution in [3.8, 4) is 0 Å². The lowest BCUT2D eigenvalue weighted by atomic mass is 10.1. The minimum absolute atomic E-state index is 0.178. The maximum atomic E-state index is 12.9. The zero-order valence-corrected chi connectivity index (χ0v) is 17.4. The van der Waals surface area contributed by atoms with Crippen molar-refractivity contribution in [1.82, 2.24) is 5.32 Å². The van der Waals surface area contributed by atoms with E-state index in [2.05, 4.69) is 33.2 Å². The summed E-state index contributed by atoms with van der Waals surface area (Å²) < 4.78 is 0.816. The number of anilines is 1. The molecule has 0 atom stereocenters. The van der Waals surface area contributed by atoms with Gasteiger partial charge in [-0.2, -0.15) is 0 Å². The van der Waals surface area contributed by atoms with Crippen LogP contribution in [-0.2, 0) is 4.79 Å². The molecule has 2 N–H and O–H groups in total. The molecule has 0 bridgehead atoms. The average Bonchev–Trinajstić information content (AvgIpc) is 2.68. The van der Waals surface area contributed by atoms with Crippen LogP contribution in [0.15, 0.2) is 84.6 Å². The summed E-state index contributed by atoms with van der Waals surface area (Å²) in [4.78, 5) is 25.6. The number of rotatable bonds is 5. The van der Waals surface area contributed by atoms with Gasteiger partial charge in [0.05, 0.1) is 5.56 Å². The molecule has 0 aliphatic carbocycles. The van der Waals surface area contributed by atoms with Gasteiger partial charge in [0.1, 0.15) is 5.70 Å². The molecular formula is C23H19IN2O2. The number of hydrogen-bond donors (Lipinski definition) is 2. The maximum absolute atomic E-state index is 12.9. The molecule has 4 nitrogen and oxygen atoms in total. The molecule has 0 aliphatic heterocycles. The van der Waals surface area contributed by atoms with Crippen LogP contribution >= 0.6 is 22.6 Å². The molecule has 0 heterocycles. The van der Waals surface area contributed by atoms with E-state index in [4.69, 9.17) is 0 Å². The van der Waals surface area contributed by atoms with Crippen molar-refractivity contribution in [1.29, 1.82) is 0 Å². The topological polar surface area (TPSA) is 58.2 Å². The van der Waals surface area contributed by atoms with Crippen molar-refractivity contribution >= 4 is 46.2 Å². The Labute approximate surface area is 177 Å². The van der Waals surface area contributed by atoms with E-state index in [0.717, 1.165) is 14.7 Å². The summed E-state index contributed by atoms with van der Waals surface area (Å²) >= 11 is 2.10. The second kappa shape index (κ2) is 9.32. The van der Waals surface area contributed by atoms with Crippen molar-refractivity contribution < 1.29 is 9.59 Å². The van der Waals surface area contributed by atoms with Crippen LogP contribution in [0, 0.1) is 10.5 Å².